The summed E-state index contributed by atoms with van der Waals surface area (Å²) in [6.45, 7) is 1.62. The van der Waals surface area contributed by atoms with Gasteiger partial charge in [0.05, 0.1) is 10.5 Å². The lowest BCUT2D eigenvalue weighted by atomic mass is 10.2. The fraction of sp³-hybridized carbons (Fsp3) is 0.200. The highest BCUT2D eigenvalue weighted by Crippen LogP contribution is 2.28. The van der Waals surface area contributed by atoms with Gasteiger partial charge in [0.1, 0.15) is 17.0 Å². The van der Waals surface area contributed by atoms with Crippen LogP contribution in [0.5, 0.6) is 0 Å². The molecular formula is C20H17ClN4O2S. The maximum atomic E-state index is 13.0. The number of halogens is 1. The summed E-state index contributed by atoms with van der Waals surface area (Å²) in [6, 6.07) is 18.0. The quantitative estimate of drug-likeness (QED) is 0.617. The highest BCUT2D eigenvalue weighted by molar-refractivity contribution is 7.89. The number of nitriles is 1. The van der Waals surface area contributed by atoms with Gasteiger partial charge < -0.3 is 4.90 Å². The normalized spacial score (nSPS) is 15.5. The summed E-state index contributed by atoms with van der Waals surface area (Å²) in [5, 5.41) is 11.5. The summed E-state index contributed by atoms with van der Waals surface area (Å²) in [7, 11) is -3.72. The molecule has 2 heterocycles. The SMILES string of the molecule is N#Cc1ccccc1S(=O)(=O)N1CCN(c2cc3ccccc3c(Cl)n2)CC1. The molecule has 0 radical (unpaired) electrons. The number of anilines is 1. The Morgan fingerprint density at radius 3 is 2.43 bits per heavy atom. The van der Waals surface area contributed by atoms with Crippen molar-refractivity contribution in [2.24, 2.45) is 0 Å². The van der Waals surface area contributed by atoms with Crippen molar-refractivity contribution in [2.75, 3.05) is 31.1 Å². The van der Waals surface area contributed by atoms with E-state index in [-0.39, 0.29) is 10.5 Å². The Morgan fingerprint density at radius 1 is 1.00 bits per heavy atom. The number of fused-ring (bicyclic) bond motifs is 1. The van der Waals surface area contributed by atoms with Crippen LogP contribution in [0, 0.1) is 11.3 Å². The Hall–Kier alpha value is -2.66. The van der Waals surface area contributed by atoms with Gasteiger partial charge in [0, 0.05) is 31.6 Å². The van der Waals surface area contributed by atoms with E-state index in [4.69, 9.17) is 11.6 Å². The zero-order valence-electron chi connectivity index (χ0n) is 14.9. The minimum atomic E-state index is -3.72. The van der Waals surface area contributed by atoms with E-state index >= 15 is 0 Å². The minimum absolute atomic E-state index is 0.0535. The second kappa shape index (κ2) is 7.40. The van der Waals surface area contributed by atoms with Gasteiger partial charge in [0.15, 0.2) is 0 Å². The zero-order valence-corrected chi connectivity index (χ0v) is 16.5. The van der Waals surface area contributed by atoms with Crippen molar-refractivity contribution < 1.29 is 8.42 Å². The molecule has 0 atom stereocenters. The molecule has 0 unspecified atom stereocenters. The molecule has 6 nitrogen and oxygen atoms in total. The van der Waals surface area contributed by atoms with E-state index in [0.717, 1.165) is 16.6 Å². The van der Waals surface area contributed by atoms with Crippen molar-refractivity contribution in [1.29, 1.82) is 5.26 Å². The summed E-state index contributed by atoms with van der Waals surface area (Å²) in [6.07, 6.45) is 0. The summed E-state index contributed by atoms with van der Waals surface area (Å²) in [4.78, 5) is 6.56. The van der Waals surface area contributed by atoms with Crippen LogP contribution in [0.4, 0.5) is 5.82 Å². The van der Waals surface area contributed by atoms with E-state index in [0.29, 0.717) is 31.3 Å². The predicted octanol–water partition coefficient (Wildman–Crippen LogP) is 3.27. The Bertz CT molecular complexity index is 1180. The number of sulfonamides is 1. The standard InChI is InChI=1S/C20H17ClN4O2S/c21-20-17-7-3-1-5-15(17)13-19(23-20)24-9-11-25(12-10-24)28(26,27)18-8-4-2-6-16(18)14-22/h1-8,13H,9-12H2. The van der Waals surface area contributed by atoms with Crippen molar-refractivity contribution >= 4 is 38.2 Å². The second-order valence-electron chi connectivity index (χ2n) is 6.49. The largest absolute Gasteiger partial charge is 0.354 e. The van der Waals surface area contributed by atoms with Gasteiger partial charge in [-0.15, -0.1) is 0 Å². The first kappa shape index (κ1) is 18.7. The average Bonchev–Trinajstić information content (AvgIpc) is 2.73. The van der Waals surface area contributed by atoms with E-state index in [9.17, 15) is 13.7 Å². The monoisotopic (exact) mass is 412 g/mol. The molecular weight excluding hydrogens is 396 g/mol. The number of hydrogen-bond donors (Lipinski definition) is 0. The molecule has 8 heteroatoms. The molecule has 2 aromatic carbocycles. The molecule has 0 spiro atoms. The second-order valence-corrected chi connectivity index (χ2v) is 8.76. The van der Waals surface area contributed by atoms with Gasteiger partial charge in [-0.1, -0.05) is 48.0 Å². The Balaban J connectivity index is 1.56. The molecule has 1 fully saturated rings. The third-order valence-electron chi connectivity index (χ3n) is 4.87. The van der Waals surface area contributed by atoms with E-state index in [1.807, 2.05) is 41.3 Å². The van der Waals surface area contributed by atoms with Gasteiger partial charge in [-0.05, 0) is 23.6 Å². The number of pyridine rings is 1. The highest BCUT2D eigenvalue weighted by Gasteiger charge is 2.30. The molecule has 1 saturated heterocycles. The van der Waals surface area contributed by atoms with Crippen molar-refractivity contribution in [3.8, 4) is 6.07 Å². The van der Waals surface area contributed by atoms with Gasteiger partial charge in [0.25, 0.3) is 0 Å². The Morgan fingerprint density at radius 2 is 1.68 bits per heavy atom. The van der Waals surface area contributed by atoms with Crippen LogP contribution in [0.1, 0.15) is 5.56 Å². The molecule has 1 aliphatic heterocycles. The van der Waals surface area contributed by atoms with Gasteiger partial charge >= 0.3 is 0 Å². The van der Waals surface area contributed by atoms with Crippen LogP contribution in [-0.2, 0) is 10.0 Å². The summed E-state index contributed by atoms with van der Waals surface area (Å²) >= 11 is 6.32. The molecule has 3 aromatic rings. The topological polar surface area (TPSA) is 77.3 Å². The lowest BCUT2D eigenvalue weighted by Gasteiger charge is -2.35. The minimum Gasteiger partial charge on any atom is -0.354 e. The van der Waals surface area contributed by atoms with Crippen LogP contribution in [-0.4, -0.2) is 43.9 Å². The first-order valence-corrected chi connectivity index (χ1v) is 10.6. The first-order chi connectivity index (χ1) is 13.5. The van der Waals surface area contributed by atoms with Crippen LogP contribution in [0.3, 0.4) is 0 Å². The van der Waals surface area contributed by atoms with Gasteiger partial charge in [-0.2, -0.15) is 9.57 Å². The van der Waals surface area contributed by atoms with Crippen LogP contribution < -0.4 is 4.90 Å². The van der Waals surface area contributed by atoms with Crippen molar-refractivity contribution in [3.05, 3.63) is 65.3 Å². The molecule has 142 valence electrons. The summed E-state index contributed by atoms with van der Waals surface area (Å²) in [5.41, 5.74) is 0.160. The molecule has 1 aromatic heterocycles. The average molecular weight is 413 g/mol. The maximum Gasteiger partial charge on any atom is 0.244 e. The van der Waals surface area contributed by atoms with Gasteiger partial charge in [-0.3, -0.25) is 0 Å². The Labute approximate surface area is 168 Å². The molecule has 0 saturated carbocycles. The third kappa shape index (κ3) is 3.31. The molecule has 28 heavy (non-hydrogen) atoms. The van der Waals surface area contributed by atoms with Crippen LogP contribution >= 0.6 is 11.6 Å². The van der Waals surface area contributed by atoms with Crippen molar-refractivity contribution in [2.45, 2.75) is 4.90 Å². The van der Waals surface area contributed by atoms with E-state index in [1.54, 1.807) is 12.1 Å². The molecule has 0 N–H and O–H groups in total. The van der Waals surface area contributed by atoms with Crippen LogP contribution in [0.25, 0.3) is 10.8 Å². The highest BCUT2D eigenvalue weighted by atomic mass is 35.5. The number of piperazine rings is 1. The van der Waals surface area contributed by atoms with Crippen molar-refractivity contribution in [1.82, 2.24) is 9.29 Å². The lowest BCUT2D eigenvalue weighted by Crippen LogP contribution is -2.49. The number of rotatable bonds is 3. The Kier molecular flexibility index (Phi) is 4.94. The number of benzene rings is 2. The molecule has 0 amide bonds. The van der Waals surface area contributed by atoms with Gasteiger partial charge in [-0.25, -0.2) is 13.4 Å². The summed E-state index contributed by atoms with van der Waals surface area (Å²) in [5.74, 6) is 0.734. The lowest BCUT2D eigenvalue weighted by molar-refractivity contribution is 0.384. The van der Waals surface area contributed by atoms with Crippen LogP contribution in [0.15, 0.2) is 59.5 Å². The molecule has 0 bridgehead atoms. The van der Waals surface area contributed by atoms with E-state index in [2.05, 4.69) is 4.98 Å². The first-order valence-electron chi connectivity index (χ1n) is 8.80. The van der Waals surface area contributed by atoms with E-state index < -0.39 is 10.0 Å². The maximum absolute atomic E-state index is 13.0. The smallest absolute Gasteiger partial charge is 0.244 e. The fourth-order valence-corrected chi connectivity index (χ4v) is 5.21. The third-order valence-corrected chi connectivity index (χ3v) is 7.11. The number of nitrogens with zero attached hydrogens (tertiary/aromatic N) is 4. The molecule has 0 aliphatic carbocycles. The zero-order chi connectivity index (χ0) is 19.7. The van der Waals surface area contributed by atoms with Gasteiger partial charge in [0.2, 0.25) is 10.0 Å². The molecule has 1 aliphatic rings. The number of hydrogen-bond acceptors (Lipinski definition) is 5. The van der Waals surface area contributed by atoms with Crippen LogP contribution in [0.2, 0.25) is 5.15 Å². The molecule has 4 rings (SSSR count). The summed E-state index contributed by atoms with van der Waals surface area (Å²) < 4.78 is 27.3. The number of aromatic nitrogens is 1. The van der Waals surface area contributed by atoms with E-state index in [1.165, 1.54) is 16.4 Å². The predicted molar refractivity (Wildman–Crippen MR) is 109 cm³/mol. The van der Waals surface area contributed by atoms with Crippen molar-refractivity contribution in [3.63, 3.8) is 0 Å². The fourth-order valence-electron chi connectivity index (χ4n) is 3.39.